The summed E-state index contributed by atoms with van der Waals surface area (Å²) in [5.41, 5.74) is 4.48. The van der Waals surface area contributed by atoms with Gasteiger partial charge in [-0.3, -0.25) is 10.4 Å². The molecule has 2 atom stereocenters. The number of hydrogen-bond donors (Lipinski definition) is 1. The van der Waals surface area contributed by atoms with E-state index in [4.69, 9.17) is 17.0 Å². The smallest absolute Gasteiger partial charge is 0.189 e. The number of hydrazone groups is 1. The van der Waals surface area contributed by atoms with Crippen LogP contribution in [0.25, 0.3) is 0 Å². The first kappa shape index (κ1) is 16.5. The first-order chi connectivity index (χ1) is 11.1. The molecular weight excluding hydrogens is 317 g/mol. The summed E-state index contributed by atoms with van der Waals surface area (Å²) in [5.74, 6) is -0.571. The van der Waals surface area contributed by atoms with Crippen LogP contribution in [0.15, 0.2) is 22.1 Å². The van der Waals surface area contributed by atoms with Crippen molar-refractivity contribution < 1.29 is 9.13 Å². The Morgan fingerprint density at radius 2 is 2.17 bits per heavy atom. The van der Waals surface area contributed by atoms with Gasteiger partial charge in [-0.1, -0.05) is 6.92 Å². The minimum atomic E-state index is -0.355. The van der Waals surface area contributed by atoms with E-state index in [1.54, 1.807) is 6.92 Å². The number of thiocarbonyl (C=S) groups is 1. The van der Waals surface area contributed by atoms with Gasteiger partial charge in [-0.25, -0.2) is 4.39 Å². The molecule has 2 unspecified atom stereocenters. The summed E-state index contributed by atoms with van der Waals surface area (Å²) in [4.78, 5) is 8.57. The first-order valence-corrected chi connectivity index (χ1v) is 8.32. The molecule has 0 aromatic rings. The van der Waals surface area contributed by atoms with Gasteiger partial charge in [0.25, 0.3) is 0 Å². The fourth-order valence-electron chi connectivity index (χ4n) is 2.89. The fourth-order valence-corrected chi connectivity index (χ4v) is 3.11. The van der Waals surface area contributed by atoms with E-state index in [9.17, 15) is 4.39 Å². The third kappa shape index (κ3) is 3.59. The van der Waals surface area contributed by atoms with Crippen LogP contribution in [-0.2, 0) is 4.74 Å². The van der Waals surface area contributed by atoms with E-state index in [0.29, 0.717) is 23.9 Å². The summed E-state index contributed by atoms with van der Waals surface area (Å²) < 4.78 is 19.3. The average molecular weight is 339 g/mol. The molecule has 8 heteroatoms. The molecule has 2 saturated heterocycles. The number of nitrogens with zero attached hydrogens (tertiary/aromatic N) is 4. The Labute approximate surface area is 141 Å². The van der Waals surface area contributed by atoms with E-state index in [1.165, 1.54) is 6.20 Å². The molecule has 3 heterocycles. The number of rotatable bonds is 1. The molecule has 0 aliphatic carbocycles. The van der Waals surface area contributed by atoms with Crippen molar-refractivity contribution in [3.63, 3.8) is 0 Å². The van der Waals surface area contributed by atoms with Gasteiger partial charge in [-0.15, -0.1) is 0 Å². The molecule has 0 spiro atoms. The topological polar surface area (TPSA) is 52.5 Å². The van der Waals surface area contributed by atoms with Crippen LogP contribution in [0.2, 0.25) is 0 Å². The minimum Gasteiger partial charge on any atom is -0.371 e. The zero-order valence-corrected chi connectivity index (χ0v) is 14.3. The second kappa shape index (κ2) is 7.02. The Morgan fingerprint density at radius 1 is 1.43 bits per heavy atom. The highest BCUT2D eigenvalue weighted by Crippen LogP contribution is 2.27. The normalized spacial score (nSPS) is 30.6. The van der Waals surface area contributed by atoms with E-state index in [-0.39, 0.29) is 17.8 Å². The van der Waals surface area contributed by atoms with Crippen molar-refractivity contribution in [2.24, 2.45) is 16.0 Å². The SMILES string of the molecule is CC1C(F)=CN=C2/C(=N\NC(=S)N3CCN(C)CC3)CCOC21. The van der Waals surface area contributed by atoms with Gasteiger partial charge in [-0.05, 0) is 19.3 Å². The van der Waals surface area contributed by atoms with E-state index in [2.05, 4.69) is 32.4 Å². The zero-order valence-electron chi connectivity index (χ0n) is 13.5. The standard InChI is InChI=1S/C15H22FN5OS/c1-10-11(16)9-17-13-12(3-8-22-14(10)13)18-19-15(23)21-6-4-20(2)5-7-21/h9-10,14H,3-8H2,1-2H3,(H,19,23)/b18-12-. The van der Waals surface area contributed by atoms with Gasteiger partial charge >= 0.3 is 0 Å². The van der Waals surface area contributed by atoms with Crippen LogP contribution in [0, 0.1) is 5.92 Å². The summed E-state index contributed by atoms with van der Waals surface area (Å²) in [6, 6.07) is 0. The Hall–Kier alpha value is -1.38. The van der Waals surface area contributed by atoms with Gasteiger partial charge in [0, 0.05) is 38.5 Å². The fraction of sp³-hybridized carbons (Fsp3) is 0.667. The second-order valence-electron chi connectivity index (χ2n) is 6.12. The Balaban J connectivity index is 1.66. The van der Waals surface area contributed by atoms with Crippen molar-refractivity contribution in [1.82, 2.24) is 15.2 Å². The molecule has 23 heavy (non-hydrogen) atoms. The van der Waals surface area contributed by atoms with E-state index < -0.39 is 0 Å². The molecule has 3 aliphatic heterocycles. The van der Waals surface area contributed by atoms with Gasteiger partial charge in [0.05, 0.1) is 24.2 Å². The van der Waals surface area contributed by atoms with Crippen LogP contribution >= 0.6 is 12.2 Å². The molecule has 126 valence electrons. The van der Waals surface area contributed by atoms with Gasteiger partial charge < -0.3 is 14.5 Å². The number of fused-ring (bicyclic) bond motifs is 1. The molecule has 3 aliphatic rings. The molecule has 0 aromatic carbocycles. The van der Waals surface area contributed by atoms with E-state index >= 15 is 0 Å². The summed E-state index contributed by atoms with van der Waals surface area (Å²) in [6.07, 6.45) is 1.56. The molecule has 2 fully saturated rings. The zero-order chi connectivity index (χ0) is 16.4. The molecular formula is C15H22FN5OS. The summed E-state index contributed by atoms with van der Waals surface area (Å²) in [7, 11) is 2.10. The van der Waals surface area contributed by atoms with Crippen LogP contribution in [0.4, 0.5) is 4.39 Å². The number of hydrogen-bond acceptors (Lipinski definition) is 5. The Kier molecular flexibility index (Phi) is 5.03. The van der Waals surface area contributed by atoms with Crippen molar-refractivity contribution in [1.29, 1.82) is 0 Å². The Bertz CT molecular complexity index is 568. The van der Waals surface area contributed by atoms with Crippen molar-refractivity contribution >= 4 is 28.8 Å². The molecule has 1 N–H and O–H groups in total. The number of halogens is 1. The number of piperazine rings is 1. The van der Waals surface area contributed by atoms with Gasteiger partial charge in [0.1, 0.15) is 11.9 Å². The van der Waals surface area contributed by atoms with Crippen molar-refractivity contribution in [3.05, 3.63) is 12.0 Å². The Morgan fingerprint density at radius 3 is 2.91 bits per heavy atom. The quantitative estimate of drug-likeness (QED) is 0.574. The highest BCUT2D eigenvalue weighted by molar-refractivity contribution is 7.80. The maximum atomic E-state index is 13.7. The third-order valence-corrected chi connectivity index (χ3v) is 4.84. The lowest BCUT2D eigenvalue weighted by Crippen LogP contribution is -2.50. The molecule has 0 amide bonds. The van der Waals surface area contributed by atoms with Crippen molar-refractivity contribution in [2.45, 2.75) is 19.4 Å². The van der Waals surface area contributed by atoms with Crippen molar-refractivity contribution in [2.75, 3.05) is 39.8 Å². The van der Waals surface area contributed by atoms with Crippen LogP contribution in [-0.4, -0.2) is 72.3 Å². The predicted octanol–water partition coefficient (Wildman–Crippen LogP) is 1.15. The molecule has 6 nitrogen and oxygen atoms in total. The first-order valence-electron chi connectivity index (χ1n) is 7.91. The highest BCUT2D eigenvalue weighted by Gasteiger charge is 2.35. The van der Waals surface area contributed by atoms with E-state index in [1.807, 2.05) is 0 Å². The van der Waals surface area contributed by atoms with Crippen LogP contribution in [0.5, 0.6) is 0 Å². The minimum absolute atomic E-state index is 0.249. The number of ether oxygens (including phenoxy) is 1. The van der Waals surface area contributed by atoms with Gasteiger partial charge in [0.15, 0.2) is 5.11 Å². The maximum absolute atomic E-state index is 13.7. The summed E-state index contributed by atoms with van der Waals surface area (Å²) in [5, 5.41) is 5.05. The molecule has 0 bridgehead atoms. The predicted molar refractivity (Wildman–Crippen MR) is 92.4 cm³/mol. The third-order valence-electron chi connectivity index (χ3n) is 4.49. The lowest BCUT2D eigenvalue weighted by atomic mass is 9.91. The summed E-state index contributed by atoms with van der Waals surface area (Å²) in [6.45, 7) is 6.08. The van der Waals surface area contributed by atoms with Crippen molar-refractivity contribution in [3.8, 4) is 0 Å². The molecule has 0 saturated carbocycles. The average Bonchev–Trinajstić information content (AvgIpc) is 2.56. The highest BCUT2D eigenvalue weighted by atomic mass is 32.1. The van der Waals surface area contributed by atoms with Crippen LogP contribution < -0.4 is 5.43 Å². The van der Waals surface area contributed by atoms with Gasteiger partial charge in [-0.2, -0.15) is 5.10 Å². The maximum Gasteiger partial charge on any atom is 0.189 e. The van der Waals surface area contributed by atoms with E-state index in [0.717, 1.165) is 31.9 Å². The van der Waals surface area contributed by atoms with Gasteiger partial charge in [0.2, 0.25) is 0 Å². The number of likely N-dealkylation sites (N-methyl/N-ethyl adjacent to an activating group) is 1. The lowest BCUT2D eigenvalue weighted by molar-refractivity contribution is 0.0655. The molecule has 3 rings (SSSR count). The molecule has 0 radical (unpaired) electrons. The van der Waals surface area contributed by atoms with Crippen LogP contribution in [0.3, 0.4) is 0 Å². The second-order valence-corrected chi connectivity index (χ2v) is 6.51. The number of nitrogens with one attached hydrogen (secondary N) is 1. The lowest BCUT2D eigenvalue weighted by Gasteiger charge is -2.34. The summed E-state index contributed by atoms with van der Waals surface area (Å²) >= 11 is 5.42. The monoisotopic (exact) mass is 339 g/mol. The number of aliphatic imine (C=N–C) groups is 1. The largest absolute Gasteiger partial charge is 0.371 e. The molecule has 0 aromatic heterocycles. The van der Waals surface area contributed by atoms with Crippen LogP contribution in [0.1, 0.15) is 13.3 Å².